The molecule has 0 aliphatic heterocycles. The normalized spacial score (nSPS) is 11.1. The molecule has 0 amide bonds. The third-order valence-corrected chi connectivity index (χ3v) is 2.94. The minimum atomic E-state index is 0.688. The zero-order valence-corrected chi connectivity index (χ0v) is 11.1. The summed E-state index contributed by atoms with van der Waals surface area (Å²) in [4.78, 5) is 0. The van der Waals surface area contributed by atoms with Gasteiger partial charge in [-0.05, 0) is 61.4 Å². The molecule has 2 aromatic rings. The lowest BCUT2D eigenvalue weighted by Crippen LogP contribution is -1.89. The summed E-state index contributed by atoms with van der Waals surface area (Å²) < 4.78 is 0. The number of rotatable bonds is 2. The van der Waals surface area contributed by atoms with Crippen LogP contribution in [0.15, 0.2) is 46.6 Å². The summed E-state index contributed by atoms with van der Waals surface area (Å²) in [7, 11) is 0. The highest BCUT2D eigenvalue weighted by atomic mass is 35.5. The van der Waals surface area contributed by atoms with Crippen LogP contribution in [-0.2, 0) is 0 Å². The van der Waals surface area contributed by atoms with Crippen LogP contribution in [0.1, 0.15) is 11.1 Å². The molecule has 18 heavy (non-hydrogen) atoms. The topological polar surface area (TPSA) is 50.7 Å². The van der Waals surface area contributed by atoms with Gasteiger partial charge in [-0.1, -0.05) is 11.6 Å². The first-order valence-electron chi connectivity index (χ1n) is 5.60. The number of nitrogen functional groups attached to an aromatic ring is 1. The van der Waals surface area contributed by atoms with Crippen molar-refractivity contribution in [2.45, 2.75) is 13.8 Å². The van der Waals surface area contributed by atoms with E-state index >= 15 is 0 Å². The first kappa shape index (κ1) is 12.6. The molecule has 0 bridgehead atoms. The van der Waals surface area contributed by atoms with Crippen LogP contribution < -0.4 is 5.73 Å². The molecule has 4 heteroatoms. The van der Waals surface area contributed by atoms with Crippen LogP contribution in [0.25, 0.3) is 0 Å². The minimum absolute atomic E-state index is 0.688. The predicted molar refractivity (Wildman–Crippen MR) is 76.0 cm³/mol. The molecule has 0 spiro atoms. The number of nitrogens with zero attached hydrogens (tertiary/aromatic N) is 2. The van der Waals surface area contributed by atoms with Crippen LogP contribution in [-0.4, -0.2) is 0 Å². The Balaban J connectivity index is 2.28. The van der Waals surface area contributed by atoms with Crippen molar-refractivity contribution in [3.63, 3.8) is 0 Å². The lowest BCUT2D eigenvalue weighted by Gasteiger charge is -2.04. The fraction of sp³-hybridized carbons (Fsp3) is 0.143. The van der Waals surface area contributed by atoms with E-state index in [1.807, 2.05) is 38.1 Å². The van der Waals surface area contributed by atoms with E-state index < -0.39 is 0 Å². The van der Waals surface area contributed by atoms with Crippen molar-refractivity contribution in [2.75, 3.05) is 5.73 Å². The summed E-state index contributed by atoms with van der Waals surface area (Å²) in [6.07, 6.45) is 0. The lowest BCUT2D eigenvalue weighted by molar-refractivity contribution is 1.20. The first-order valence-corrected chi connectivity index (χ1v) is 5.98. The quantitative estimate of drug-likeness (QED) is 0.602. The van der Waals surface area contributed by atoms with Gasteiger partial charge in [0.05, 0.1) is 11.4 Å². The van der Waals surface area contributed by atoms with Gasteiger partial charge in [-0.25, -0.2) is 0 Å². The summed E-state index contributed by atoms with van der Waals surface area (Å²) in [5, 5.41) is 9.10. The molecule has 0 heterocycles. The predicted octanol–water partition coefficient (Wildman–Crippen LogP) is 4.95. The smallest absolute Gasteiger partial charge is 0.0890 e. The highest BCUT2D eigenvalue weighted by Crippen LogP contribution is 2.26. The number of aryl methyl sites for hydroxylation is 2. The maximum absolute atomic E-state index is 5.83. The Bertz CT molecular complexity index is 589. The van der Waals surface area contributed by atoms with Gasteiger partial charge in [0.1, 0.15) is 0 Å². The lowest BCUT2D eigenvalue weighted by atomic mass is 10.1. The molecule has 0 aliphatic carbocycles. The number of benzene rings is 2. The van der Waals surface area contributed by atoms with Gasteiger partial charge >= 0.3 is 0 Å². The number of anilines is 1. The Hall–Kier alpha value is -1.87. The van der Waals surface area contributed by atoms with Crippen LogP contribution in [0, 0.1) is 13.8 Å². The van der Waals surface area contributed by atoms with E-state index in [9.17, 15) is 0 Å². The molecule has 0 saturated heterocycles. The zero-order valence-electron chi connectivity index (χ0n) is 10.3. The van der Waals surface area contributed by atoms with Crippen LogP contribution in [0.4, 0.5) is 17.1 Å². The fourth-order valence-corrected chi connectivity index (χ4v) is 1.68. The summed E-state index contributed by atoms with van der Waals surface area (Å²) in [6.45, 7) is 3.92. The zero-order chi connectivity index (χ0) is 13.1. The number of hydrogen-bond donors (Lipinski definition) is 1. The highest BCUT2D eigenvalue weighted by Gasteiger charge is 2.01. The van der Waals surface area contributed by atoms with Gasteiger partial charge in [-0.2, -0.15) is 10.2 Å². The molecule has 0 saturated carbocycles. The van der Waals surface area contributed by atoms with Crippen molar-refractivity contribution in [3.05, 3.63) is 52.5 Å². The Kier molecular flexibility index (Phi) is 3.63. The molecule has 2 aromatic carbocycles. The SMILES string of the molecule is Cc1cc(N=Nc2ccc(Cl)cc2)c(C)cc1N. The van der Waals surface area contributed by atoms with Crippen LogP contribution in [0.5, 0.6) is 0 Å². The Labute approximate surface area is 111 Å². The maximum atomic E-state index is 5.83. The largest absolute Gasteiger partial charge is 0.399 e. The van der Waals surface area contributed by atoms with Crippen molar-refractivity contribution >= 4 is 28.7 Å². The van der Waals surface area contributed by atoms with E-state index in [1.54, 1.807) is 12.1 Å². The van der Waals surface area contributed by atoms with E-state index in [1.165, 1.54) is 0 Å². The van der Waals surface area contributed by atoms with Crippen LogP contribution in [0.2, 0.25) is 5.02 Å². The Morgan fingerprint density at radius 3 is 2.28 bits per heavy atom. The Morgan fingerprint density at radius 2 is 1.61 bits per heavy atom. The average molecular weight is 260 g/mol. The summed E-state index contributed by atoms with van der Waals surface area (Å²) in [5.74, 6) is 0. The summed E-state index contributed by atoms with van der Waals surface area (Å²) >= 11 is 5.81. The highest BCUT2D eigenvalue weighted by molar-refractivity contribution is 6.30. The molecule has 2 N–H and O–H groups in total. The summed E-state index contributed by atoms with van der Waals surface area (Å²) in [5.41, 5.74) is 10.2. The third-order valence-electron chi connectivity index (χ3n) is 2.68. The van der Waals surface area contributed by atoms with Crippen LogP contribution in [0.3, 0.4) is 0 Å². The van der Waals surface area contributed by atoms with Crippen molar-refractivity contribution in [1.82, 2.24) is 0 Å². The molecule has 92 valence electrons. The second-order valence-corrected chi connectivity index (χ2v) is 4.61. The molecule has 0 fully saturated rings. The van der Waals surface area contributed by atoms with Crippen molar-refractivity contribution in [2.24, 2.45) is 10.2 Å². The second-order valence-electron chi connectivity index (χ2n) is 4.17. The number of hydrogen-bond acceptors (Lipinski definition) is 3. The van der Waals surface area contributed by atoms with E-state index in [4.69, 9.17) is 17.3 Å². The number of nitrogens with two attached hydrogens (primary N) is 1. The molecular formula is C14H14ClN3. The van der Waals surface area contributed by atoms with Crippen molar-refractivity contribution < 1.29 is 0 Å². The molecule has 0 atom stereocenters. The van der Waals surface area contributed by atoms with Crippen molar-refractivity contribution in [3.8, 4) is 0 Å². The summed E-state index contributed by atoms with van der Waals surface area (Å²) in [6, 6.07) is 11.1. The minimum Gasteiger partial charge on any atom is -0.399 e. The second kappa shape index (κ2) is 5.19. The van der Waals surface area contributed by atoms with Gasteiger partial charge in [0.15, 0.2) is 0 Å². The molecule has 0 aliphatic rings. The third kappa shape index (κ3) is 2.87. The van der Waals surface area contributed by atoms with Gasteiger partial charge < -0.3 is 5.73 Å². The van der Waals surface area contributed by atoms with Gasteiger partial charge in [-0.3, -0.25) is 0 Å². The Morgan fingerprint density at radius 1 is 0.944 bits per heavy atom. The number of halogens is 1. The monoisotopic (exact) mass is 259 g/mol. The van der Waals surface area contributed by atoms with Gasteiger partial charge in [-0.15, -0.1) is 0 Å². The fourth-order valence-electron chi connectivity index (χ4n) is 1.55. The van der Waals surface area contributed by atoms with E-state index in [-0.39, 0.29) is 0 Å². The van der Waals surface area contributed by atoms with Gasteiger partial charge in [0, 0.05) is 10.7 Å². The standard InChI is InChI=1S/C14H14ClN3/c1-9-8-14(10(2)7-13(9)16)18-17-12-5-3-11(15)4-6-12/h3-8H,16H2,1-2H3. The first-order chi connectivity index (χ1) is 8.56. The van der Waals surface area contributed by atoms with E-state index in [0.29, 0.717) is 5.02 Å². The molecular weight excluding hydrogens is 246 g/mol. The molecule has 2 rings (SSSR count). The van der Waals surface area contributed by atoms with Crippen molar-refractivity contribution in [1.29, 1.82) is 0 Å². The maximum Gasteiger partial charge on any atom is 0.0890 e. The molecule has 0 unspecified atom stereocenters. The molecule has 0 aromatic heterocycles. The average Bonchev–Trinajstić information content (AvgIpc) is 2.34. The van der Waals surface area contributed by atoms with Gasteiger partial charge in [0.2, 0.25) is 0 Å². The number of azo groups is 1. The van der Waals surface area contributed by atoms with Gasteiger partial charge in [0.25, 0.3) is 0 Å². The molecule has 0 radical (unpaired) electrons. The molecule has 3 nitrogen and oxygen atoms in total. The van der Waals surface area contributed by atoms with Crippen LogP contribution >= 0.6 is 11.6 Å². The van der Waals surface area contributed by atoms with E-state index in [2.05, 4.69) is 10.2 Å². The van der Waals surface area contributed by atoms with E-state index in [0.717, 1.165) is 28.2 Å².